The predicted octanol–water partition coefficient (Wildman–Crippen LogP) is 3.43. The van der Waals surface area contributed by atoms with Crippen molar-refractivity contribution in [3.8, 4) is 6.07 Å². The van der Waals surface area contributed by atoms with E-state index in [-0.39, 0.29) is 0 Å². The highest BCUT2D eigenvalue weighted by molar-refractivity contribution is 5.14. The molecule has 0 aliphatic carbocycles. The van der Waals surface area contributed by atoms with Crippen molar-refractivity contribution in [3.05, 3.63) is 12.2 Å². The summed E-state index contributed by atoms with van der Waals surface area (Å²) < 4.78 is 0. The summed E-state index contributed by atoms with van der Waals surface area (Å²) in [6.07, 6.45) is 7.16. The molecule has 1 nitrogen and oxygen atoms in total. The van der Waals surface area contributed by atoms with Gasteiger partial charge in [0, 0.05) is 5.57 Å². The molecule has 0 aliphatic rings. The summed E-state index contributed by atoms with van der Waals surface area (Å²) in [6, 6.07) is 2.06. The molecule has 0 aliphatic heterocycles. The maximum atomic E-state index is 8.39. The number of nitriles is 1. The average molecular weight is 151 g/mol. The topological polar surface area (TPSA) is 23.8 Å². The van der Waals surface area contributed by atoms with Gasteiger partial charge in [-0.15, -0.1) is 0 Å². The molecular weight excluding hydrogens is 134 g/mol. The van der Waals surface area contributed by atoms with Gasteiger partial charge in [-0.3, -0.25) is 0 Å². The molecular formula is C10H17N. The Morgan fingerprint density at radius 2 is 1.91 bits per heavy atom. The van der Waals surface area contributed by atoms with Crippen molar-refractivity contribution in [2.24, 2.45) is 0 Å². The highest BCUT2D eigenvalue weighted by Gasteiger charge is 1.91. The van der Waals surface area contributed by atoms with Crippen LogP contribution >= 0.6 is 0 Å². The van der Waals surface area contributed by atoms with E-state index in [0.29, 0.717) is 0 Å². The minimum absolute atomic E-state index is 0.724. The fourth-order valence-electron chi connectivity index (χ4n) is 0.998. The van der Waals surface area contributed by atoms with Gasteiger partial charge in [0.1, 0.15) is 0 Å². The Balaban J connectivity index is 3.03. The van der Waals surface area contributed by atoms with Gasteiger partial charge in [0.15, 0.2) is 0 Å². The van der Waals surface area contributed by atoms with Crippen LogP contribution in [-0.2, 0) is 0 Å². The molecule has 0 aromatic heterocycles. The lowest BCUT2D eigenvalue weighted by Gasteiger charge is -1.97. The van der Waals surface area contributed by atoms with Crippen LogP contribution in [0.5, 0.6) is 0 Å². The maximum absolute atomic E-state index is 8.39. The van der Waals surface area contributed by atoms with Crippen molar-refractivity contribution in [3.63, 3.8) is 0 Å². The van der Waals surface area contributed by atoms with Crippen LogP contribution in [0, 0.1) is 11.3 Å². The first-order chi connectivity index (χ1) is 5.31. The van der Waals surface area contributed by atoms with Crippen molar-refractivity contribution >= 4 is 0 Å². The third kappa shape index (κ3) is 7.12. The first-order valence-electron chi connectivity index (χ1n) is 4.39. The zero-order chi connectivity index (χ0) is 8.53. The maximum Gasteiger partial charge on any atom is 0.0940 e. The van der Waals surface area contributed by atoms with E-state index < -0.39 is 0 Å². The Morgan fingerprint density at radius 1 is 1.27 bits per heavy atom. The van der Waals surface area contributed by atoms with Crippen LogP contribution < -0.4 is 0 Å². The highest BCUT2D eigenvalue weighted by Crippen LogP contribution is 2.08. The summed E-state index contributed by atoms with van der Waals surface area (Å²) in [7, 11) is 0. The molecule has 0 aromatic rings. The van der Waals surface area contributed by atoms with Crippen molar-refractivity contribution in [2.75, 3.05) is 0 Å². The lowest BCUT2D eigenvalue weighted by molar-refractivity contribution is 0.634. The molecule has 0 heterocycles. The van der Waals surface area contributed by atoms with Crippen molar-refractivity contribution in [1.29, 1.82) is 5.26 Å². The van der Waals surface area contributed by atoms with E-state index in [1.54, 1.807) is 0 Å². The van der Waals surface area contributed by atoms with E-state index in [0.717, 1.165) is 18.4 Å². The fourth-order valence-corrected chi connectivity index (χ4v) is 0.998. The molecule has 0 radical (unpaired) electrons. The lowest BCUT2D eigenvalue weighted by atomic mass is 10.1. The molecule has 0 spiro atoms. The molecule has 11 heavy (non-hydrogen) atoms. The largest absolute Gasteiger partial charge is 0.193 e. The van der Waals surface area contributed by atoms with Crippen molar-refractivity contribution < 1.29 is 0 Å². The molecule has 0 fully saturated rings. The summed E-state index contributed by atoms with van der Waals surface area (Å²) in [5.74, 6) is 0. The zero-order valence-electron chi connectivity index (χ0n) is 7.40. The SMILES string of the molecule is C=C(C#N)CCCCCCC. The number of allylic oxidation sites excluding steroid dienone is 1. The monoisotopic (exact) mass is 151 g/mol. The van der Waals surface area contributed by atoms with Gasteiger partial charge >= 0.3 is 0 Å². The molecule has 0 saturated heterocycles. The quantitative estimate of drug-likeness (QED) is 0.421. The molecule has 1 heteroatoms. The zero-order valence-corrected chi connectivity index (χ0v) is 7.40. The summed E-state index contributed by atoms with van der Waals surface area (Å²) >= 11 is 0. The van der Waals surface area contributed by atoms with Crippen LogP contribution in [0.2, 0.25) is 0 Å². The smallest absolute Gasteiger partial charge is 0.0940 e. The average Bonchev–Trinajstić information content (AvgIpc) is 2.04. The Hall–Kier alpha value is -0.770. The van der Waals surface area contributed by atoms with Crippen LogP contribution in [0.4, 0.5) is 0 Å². The number of rotatable bonds is 6. The van der Waals surface area contributed by atoms with Crippen molar-refractivity contribution in [1.82, 2.24) is 0 Å². The van der Waals surface area contributed by atoms with E-state index in [2.05, 4.69) is 19.6 Å². The third-order valence-electron chi connectivity index (χ3n) is 1.74. The number of hydrogen-bond donors (Lipinski definition) is 0. The van der Waals surface area contributed by atoms with Gasteiger partial charge in [-0.1, -0.05) is 39.2 Å². The fraction of sp³-hybridized carbons (Fsp3) is 0.700. The second-order valence-electron chi connectivity index (χ2n) is 2.88. The molecule has 0 atom stereocenters. The van der Waals surface area contributed by atoms with Crippen LogP contribution in [-0.4, -0.2) is 0 Å². The van der Waals surface area contributed by atoms with Crippen LogP contribution in [0.1, 0.15) is 45.4 Å². The van der Waals surface area contributed by atoms with Gasteiger partial charge in [-0.2, -0.15) is 5.26 Å². The van der Waals surface area contributed by atoms with E-state index in [4.69, 9.17) is 5.26 Å². The van der Waals surface area contributed by atoms with E-state index in [9.17, 15) is 0 Å². The molecule has 0 saturated carbocycles. The Morgan fingerprint density at radius 3 is 2.45 bits per heavy atom. The second-order valence-corrected chi connectivity index (χ2v) is 2.88. The summed E-state index contributed by atoms with van der Waals surface area (Å²) in [5, 5.41) is 8.39. The molecule has 0 rings (SSSR count). The minimum atomic E-state index is 0.724. The summed E-state index contributed by atoms with van der Waals surface area (Å²) in [6.45, 7) is 5.83. The van der Waals surface area contributed by atoms with Gasteiger partial charge in [-0.25, -0.2) is 0 Å². The molecule has 0 bridgehead atoms. The van der Waals surface area contributed by atoms with Gasteiger partial charge in [0.2, 0.25) is 0 Å². The molecule has 0 unspecified atom stereocenters. The summed E-state index contributed by atoms with van der Waals surface area (Å²) in [4.78, 5) is 0. The van der Waals surface area contributed by atoms with Gasteiger partial charge in [0.25, 0.3) is 0 Å². The number of nitrogens with zero attached hydrogens (tertiary/aromatic N) is 1. The first kappa shape index (κ1) is 10.2. The highest BCUT2D eigenvalue weighted by atomic mass is 14.2. The molecule has 0 amide bonds. The van der Waals surface area contributed by atoms with E-state index in [1.807, 2.05) is 0 Å². The second kappa shape index (κ2) is 7.34. The summed E-state index contributed by atoms with van der Waals surface area (Å²) in [5.41, 5.74) is 0.724. The van der Waals surface area contributed by atoms with E-state index in [1.165, 1.54) is 25.7 Å². The van der Waals surface area contributed by atoms with Crippen LogP contribution in [0.15, 0.2) is 12.2 Å². The van der Waals surface area contributed by atoms with Gasteiger partial charge in [0.05, 0.1) is 6.07 Å². The van der Waals surface area contributed by atoms with Crippen molar-refractivity contribution in [2.45, 2.75) is 45.4 Å². The van der Waals surface area contributed by atoms with Gasteiger partial charge < -0.3 is 0 Å². The molecule has 0 aromatic carbocycles. The third-order valence-corrected chi connectivity index (χ3v) is 1.74. The standard InChI is InChI=1S/C10H17N/c1-3-4-5-6-7-8-10(2)9-11/h2-8H2,1H3. The predicted molar refractivity (Wildman–Crippen MR) is 48.1 cm³/mol. The molecule has 0 N–H and O–H groups in total. The number of unbranched alkanes of at least 4 members (excludes halogenated alkanes) is 4. The number of hydrogen-bond acceptors (Lipinski definition) is 1. The lowest BCUT2D eigenvalue weighted by Crippen LogP contribution is -1.79. The Labute approximate surface area is 69.7 Å². The minimum Gasteiger partial charge on any atom is -0.193 e. The van der Waals surface area contributed by atoms with Gasteiger partial charge in [-0.05, 0) is 12.8 Å². The van der Waals surface area contributed by atoms with E-state index >= 15 is 0 Å². The normalized spacial score (nSPS) is 9.09. The van der Waals surface area contributed by atoms with Crippen LogP contribution in [0.25, 0.3) is 0 Å². The Kier molecular flexibility index (Phi) is 6.82. The first-order valence-corrected chi connectivity index (χ1v) is 4.39. The Bertz CT molecular complexity index is 141. The van der Waals surface area contributed by atoms with Crippen LogP contribution in [0.3, 0.4) is 0 Å². The molecule has 62 valence electrons.